The zero-order chi connectivity index (χ0) is 29.8. The molecule has 2 aromatic carbocycles. The van der Waals surface area contributed by atoms with Crippen LogP contribution in [0.2, 0.25) is 9.79 Å². The number of allylic oxidation sites excluding steroid dienone is 4. The van der Waals surface area contributed by atoms with E-state index in [9.17, 15) is 5.53 Å². The quantitative estimate of drug-likeness (QED) is 0.0910. The molecule has 2 aromatic rings. The molecule has 0 saturated carbocycles. The summed E-state index contributed by atoms with van der Waals surface area (Å²) in [5, 5.41) is 0. The van der Waals surface area contributed by atoms with E-state index < -0.39 is 0 Å². The summed E-state index contributed by atoms with van der Waals surface area (Å²) in [6, 6.07) is 9.02. The van der Waals surface area contributed by atoms with Crippen LogP contribution in [0.25, 0.3) is 16.9 Å². The minimum absolute atomic E-state index is 0.832. The van der Waals surface area contributed by atoms with Crippen LogP contribution in [0.5, 0.6) is 0 Å². The Bertz CT molecular complexity index is 1220. The molecule has 1 aliphatic rings. The molecule has 1 heterocycles. The molecule has 0 atom stereocenters. The Morgan fingerprint density at radius 1 is 0.650 bits per heavy atom. The Hall–Kier alpha value is -2.34. The van der Waals surface area contributed by atoms with Gasteiger partial charge in [0.2, 0.25) is 11.4 Å². The van der Waals surface area contributed by atoms with Crippen molar-refractivity contribution in [2.75, 3.05) is 0 Å². The van der Waals surface area contributed by atoms with Gasteiger partial charge in [0.15, 0.2) is 0 Å². The van der Waals surface area contributed by atoms with Crippen LogP contribution in [0.4, 0.5) is 0 Å². The van der Waals surface area contributed by atoms with Gasteiger partial charge in [-0.15, -0.1) is 0 Å². The summed E-state index contributed by atoms with van der Waals surface area (Å²) >= 11 is 0.832. The van der Waals surface area contributed by atoms with Crippen molar-refractivity contribution >= 4 is 11.4 Å². The molecule has 0 aliphatic carbocycles. The summed E-state index contributed by atoms with van der Waals surface area (Å²) in [6.07, 6.45) is 11.8. The van der Waals surface area contributed by atoms with E-state index in [0.29, 0.717) is 0 Å². The van der Waals surface area contributed by atoms with Gasteiger partial charge in [-0.1, -0.05) is 33.1 Å². The Morgan fingerprint density at radius 2 is 1.02 bits per heavy atom. The van der Waals surface area contributed by atoms with Crippen LogP contribution in [-0.2, 0) is 18.0 Å². The molecule has 0 amide bonds. The topological polar surface area (TPSA) is 25.3 Å². The largest absolute Gasteiger partial charge is 0.493 e. The molecule has 0 aromatic heterocycles. The van der Waals surface area contributed by atoms with Gasteiger partial charge in [-0.25, -0.2) is 4.70 Å². The molecule has 0 bridgehead atoms. The monoisotopic (exact) mass is 630 g/mol. The Kier molecular flexibility index (Phi) is 14.2. The Morgan fingerprint density at radius 3 is 1.38 bits per heavy atom. The maximum Gasteiger partial charge on any atom is 0.211 e. The van der Waals surface area contributed by atoms with E-state index in [0.717, 1.165) is 72.6 Å². The number of hydrogen-bond acceptors (Lipinski definition) is 0. The molecule has 0 saturated heterocycles. The maximum atomic E-state index is 11.8. The van der Waals surface area contributed by atoms with Crippen molar-refractivity contribution in [1.29, 1.82) is 0 Å². The predicted octanol–water partition coefficient (Wildman–Crippen LogP) is 11.8. The third-order valence-electron chi connectivity index (χ3n) is 7.94. The average molecular weight is 631 g/mol. The second kappa shape index (κ2) is 16.8. The van der Waals surface area contributed by atoms with Gasteiger partial charge in [0.25, 0.3) is 0 Å². The van der Waals surface area contributed by atoms with E-state index in [4.69, 9.17) is 0 Å². The number of benzene rings is 2. The van der Waals surface area contributed by atoms with Crippen LogP contribution in [0.3, 0.4) is 0 Å². The van der Waals surface area contributed by atoms with E-state index in [1.54, 1.807) is 0 Å². The summed E-state index contributed by atoms with van der Waals surface area (Å²) < 4.78 is 1.53. The van der Waals surface area contributed by atoms with E-state index in [1.807, 2.05) is 12.2 Å². The SMILES string of the molecule is C=C[CH2][Pd][CH2]C=C.CCCCCC1=C(c2cc(C)c(C)c(C)c2)[N+](=[N-])C(c2cc(C)c(C)c(C)c2)=C1CCCC. The third-order valence-corrected chi connectivity index (χ3v) is 9.73. The van der Waals surface area contributed by atoms with Gasteiger partial charge < -0.3 is 5.53 Å². The van der Waals surface area contributed by atoms with Crippen LogP contribution >= 0.6 is 0 Å². The van der Waals surface area contributed by atoms with Crippen molar-refractivity contribution < 1.29 is 22.7 Å². The molecule has 3 heteroatoms. The number of hydrogen-bond donors (Lipinski definition) is 0. The molecule has 220 valence electrons. The summed E-state index contributed by atoms with van der Waals surface area (Å²) in [5.41, 5.74) is 26.5. The first-order chi connectivity index (χ1) is 19.1. The van der Waals surface area contributed by atoms with Gasteiger partial charge in [-0.2, -0.15) is 0 Å². The molecule has 0 N–H and O–H groups in total. The van der Waals surface area contributed by atoms with Crippen molar-refractivity contribution in [2.24, 2.45) is 0 Å². The van der Waals surface area contributed by atoms with Crippen LogP contribution in [0, 0.1) is 41.5 Å². The number of unbranched alkanes of at least 4 members (excludes halogenated alkanes) is 3. The normalized spacial score (nSPS) is 13.2. The van der Waals surface area contributed by atoms with Gasteiger partial charge >= 0.3 is 53.1 Å². The van der Waals surface area contributed by atoms with E-state index in [1.165, 1.54) is 71.9 Å². The van der Waals surface area contributed by atoms with Gasteiger partial charge in [0.05, 0.1) is 0 Å². The van der Waals surface area contributed by atoms with E-state index in [2.05, 4.69) is 92.8 Å². The predicted molar refractivity (Wildman–Crippen MR) is 172 cm³/mol. The van der Waals surface area contributed by atoms with Crippen molar-refractivity contribution in [3.8, 4) is 0 Å². The van der Waals surface area contributed by atoms with Crippen LogP contribution in [0.1, 0.15) is 103 Å². The van der Waals surface area contributed by atoms with Crippen LogP contribution < -0.4 is 0 Å². The minimum Gasteiger partial charge on any atom is -0.493 e. The van der Waals surface area contributed by atoms with E-state index in [-0.39, 0.29) is 0 Å². The van der Waals surface area contributed by atoms with Crippen molar-refractivity contribution in [1.82, 2.24) is 0 Å². The molecule has 1 aliphatic heterocycles. The first kappa shape index (κ1) is 33.9. The summed E-state index contributed by atoms with van der Waals surface area (Å²) in [6.45, 7) is 24.8. The number of aryl methyl sites for hydroxylation is 4. The zero-order valence-electron chi connectivity index (χ0n) is 26.5. The van der Waals surface area contributed by atoms with Gasteiger partial charge in [0, 0.05) is 22.3 Å². The summed E-state index contributed by atoms with van der Waals surface area (Å²) in [7, 11) is 0. The Balaban J connectivity index is 0.000000708. The minimum atomic E-state index is 0.832. The van der Waals surface area contributed by atoms with E-state index >= 15 is 0 Å². The molecule has 0 unspecified atom stereocenters. The first-order valence-electron chi connectivity index (χ1n) is 14.9. The van der Waals surface area contributed by atoms with Crippen molar-refractivity contribution in [3.05, 3.63) is 111 Å². The third kappa shape index (κ3) is 8.58. The molecule has 2 nitrogen and oxygen atoms in total. The van der Waals surface area contributed by atoms with Gasteiger partial charge in [0.1, 0.15) is 0 Å². The average Bonchev–Trinajstić information content (AvgIpc) is 3.20. The molecular formula is C37H52N2Pd. The molecule has 40 heavy (non-hydrogen) atoms. The smallest absolute Gasteiger partial charge is 0.211 e. The molecule has 0 spiro atoms. The standard InChI is InChI=1S/C31H42N2.2C3H5.Pd/c1-9-11-13-15-29-28(14-12-10-2)30(26-16-20(3)24(7)21(4)17-26)33(32)31(29)27-18-22(5)25(8)23(6)19-27;2*1-3-2;/h16-19H,9-15H2,1-8H3;2*3H,1-2H2;. The zero-order valence-corrected chi connectivity index (χ0v) is 28.0. The fourth-order valence-electron chi connectivity index (χ4n) is 5.22. The van der Waals surface area contributed by atoms with Crippen molar-refractivity contribution in [2.45, 2.75) is 110 Å². The fraction of sp³-hybridized carbons (Fsp3) is 0.459. The van der Waals surface area contributed by atoms with Crippen LogP contribution in [0.15, 0.2) is 60.7 Å². The molecule has 3 rings (SSSR count). The molecular weight excluding hydrogens is 579 g/mol. The molecule has 0 radical (unpaired) electrons. The second-order valence-electron chi connectivity index (χ2n) is 11.0. The van der Waals surface area contributed by atoms with Gasteiger partial charge in [-0.3, -0.25) is 0 Å². The first-order valence-corrected chi connectivity index (χ1v) is 17.1. The maximum absolute atomic E-state index is 11.8. The second-order valence-corrected chi connectivity index (χ2v) is 13.0. The van der Waals surface area contributed by atoms with Gasteiger partial charge in [-0.05, 0) is 125 Å². The Labute approximate surface area is 254 Å². The molecule has 0 fully saturated rings. The fourth-order valence-corrected chi connectivity index (χ4v) is 6.11. The summed E-state index contributed by atoms with van der Waals surface area (Å²) in [4.78, 5) is 2.33. The van der Waals surface area contributed by atoms with Crippen LogP contribution in [-0.4, -0.2) is 4.70 Å². The number of nitrogens with zero attached hydrogens (tertiary/aromatic N) is 2. The van der Waals surface area contributed by atoms with Crippen molar-refractivity contribution in [3.63, 3.8) is 0 Å². The number of rotatable bonds is 13. The summed E-state index contributed by atoms with van der Waals surface area (Å²) in [5.74, 6) is 0.